The fraction of sp³-hybridized carbons (Fsp3) is 0.357. The van der Waals surface area contributed by atoms with Crippen LogP contribution in [0.4, 0.5) is 0 Å². The summed E-state index contributed by atoms with van der Waals surface area (Å²) < 4.78 is 27.6. The SMILES string of the molecule is CC(C)CC(NC(=O)c1ccc2ccccc2c1)C(=O)N1CCC2C1C(=O)CN2S(=O)(=O)c1ccccn1. The van der Waals surface area contributed by atoms with E-state index in [1.165, 1.54) is 21.5 Å². The molecule has 2 aliphatic rings. The van der Waals surface area contributed by atoms with Gasteiger partial charge >= 0.3 is 0 Å². The molecule has 38 heavy (non-hydrogen) atoms. The van der Waals surface area contributed by atoms with E-state index in [4.69, 9.17) is 0 Å². The quantitative estimate of drug-likeness (QED) is 0.498. The summed E-state index contributed by atoms with van der Waals surface area (Å²) in [4.78, 5) is 45.4. The normalized spacial score (nSPS) is 20.6. The Morgan fingerprint density at radius 3 is 2.50 bits per heavy atom. The Labute approximate surface area is 221 Å². The first-order chi connectivity index (χ1) is 18.2. The molecule has 2 amide bonds. The molecule has 0 bridgehead atoms. The van der Waals surface area contributed by atoms with Crippen molar-refractivity contribution in [3.8, 4) is 0 Å². The van der Waals surface area contributed by atoms with Gasteiger partial charge in [0.1, 0.15) is 12.1 Å². The Bertz CT molecular complexity index is 1490. The van der Waals surface area contributed by atoms with Crippen molar-refractivity contribution in [3.63, 3.8) is 0 Å². The molecule has 0 radical (unpaired) electrons. The number of rotatable bonds is 7. The third kappa shape index (κ3) is 4.81. The van der Waals surface area contributed by atoms with Gasteiger partial charge < -0.3 is 10.2 Å². The van der Waals surface area contributed by atoms with Gasteiger partial charge in [-0.1, -0.05) is 50.2 Å². The van der Waals surface area contributed by atoms with Gasteiger partial charge in [-0.25, -0.2) is 13.4 Å². The molecular formula is C28H30N4O5S. The number of Topliss-reactive ketones (excluding diaryl/α,β-unsaturated/α-hetero) is 1. The first kappa shape index (κ1) is 26.0. The van der Waals surface area contributed by atoms with Crippen molar-refractivity contribution in [2.45, 2.75) is 49.8 Å². The number of nitrogens with zero attached hydrogens (tertiary/aromatic N) is 3. The van der Waals surface area contributed by atoms with E-state index >= 15 is 0 Å². The van der Waals surface area contributed by atoms with Gasteiger partial charge in [0, 0.05) is 18.3 Å². The number of pyridine rings is 1. The Morgan fingerprint density at radius 1 is 1.05 bits per heavy atom. The van der Waals surface area contributed by atoms with Crippen LogP contribution in [0.25, 0.3) is 10.8 Å². The fourth-order valence-corrected chi connectivity index (χ4v) is 6.99. The summed E-state index contributed by atoms with van der Waals surface area (Å²) in [5.74, 6) is -0.975. The summed E-state index contributed by atoms with van der Waals surface area (Å²) in [5, 5.41) is 4.68. The third-order valence-electron chi connectivity index (χ3n) is 7.19. The second kappa shape index (κ2) is 10.3. The van der Waals surface area contributed by atoms with Crippen LogP contribution >= 0.6 is 0 Å². The van der Waals surface area contributed by atoms with E-state index < -0.39 is 28.1 Å². The van der Waals surface area contributed by atoms with Crippen LogP contribution < -0.4 is 5.32 Å². The van der Waals surface area contributed by atoms with Gasteiger partial charge in [0.25, 0.3) is 15.9 Å². The highest BCUT2D eigenvalue weighted by Crippen LogP contribution is 2.34. The number of hydrogen-bond donors (Lipinski definition) is 1. The fourth-order valence-electron chi connectivity index (χ4n) is 5.43. The van der Waals surface area contributed by atoms with Gasteiger partial charge in [-0.2, -0.15) is 4.31 Å². The van der Waals surface area contributed by atoms with Crippen molar-refractivity contribution in [2.24, 2.45) is 5.92 Å². The van der Waals surface area contributed by atoms with Crippen molar-refractivity contribution in [1.29, 1.82) is 0 Å². The molecule has 0 aliphatic carbocycles. The summed E-state index contributed by atoms with van der Waals surface area (Å²) in [6.45, 7) is 3.83. The smallest absolute Gasteiger partial charge is 0.261 e. The number of fused-ring (bicyclic) bond motifs is 2. The van der Waals surface area contributed by atoms with E-state index in [1.807, 2.05) is 44.2 Å². The molecule has 1 aromatic heterocycles. The Hall–Kier alpha value is -3.63. The maximum atomic E-state index is 13.8. The average molecular weight is 535 g/mol. The topological polar surface area (TPSA) is 117 Å². The maximum Gasteiger partial charge on any atom is 0.261 e. The van der Waals surface area contributed by atoms with Crippen LogP contribution in [0.1, 0.15) is 37.0 Å². The number of aromatic nitrogens is 1. The summed E-state index contributed by atoms with van der Waals surface area (Å²) >= 11 is 0. The maximum absolute atomic E-state index is 13.8. The van der Waals surface area contributed by atoms with Gasteiger partial charge in [0.05, 0.1) is 12.6 Å². The van der Waals surface area contributed by atoms with E-state index in [1.54, 1.807) is 24.3 Å². The van der Waals surface area contributed by atoms with Gasteiger partial charge in [-0.05, 0) is 53.8 Å². The van der Waals surface area contributed by atoms with Gasteiger partial charge in [-0.15, -0.1) is 0 Å². The molecule has 2 saturated heterocycles. The second-order valence-electron chi connectivity index (χ2n) is 10.2. The standard InChI is InChI=1S/C28H30N4O5S/c1-18(2)15-22(30-27(34)21-11-10-19-7-3-4-8-20(19)16-21)28(35)31-14-12-23-26(31)24(33)17-32(23)38(36,37)25-9-5-6-13-29-25/h3-11,13,16,18,22-23,26H,12,14-15,17H2,1-2H3,(H,30,34). The number of likely N-dealkylation sites (tertiary alicyclic amines) is 1. The first-order valence-corrected chi connectivity index (χ1v) is 14.2. The van der Waals surface area contributed by atoms with E-state index in [2.05, 4.69) is 10.3 Å². The summed E-state index contributed by atoms with van der Waals surface area (Å²) in [7, 11) is -3.99. The lowest BCUT2D eigenvalue weighted by molar-refractivity contribution is -0.138. The van der Waals surface area contributed by atoms with Crippen LogP contribution in [0.5, 0.6) is 0 Å². The molecule has 0 spiro atoms. The van der Waals surface area contributed by atoms with Crippen LogP contribution in [0.15, 0.2) is 71.9 Å². The van der Waals surface area contributed by atoms with Crippen molar-refractivity contribution in [2.75, 3.05) is 13.1 Å². The highest BCUT2D eigenvalue weighted by atomic mass is 32.2. The van der Waals surface area contributed by atoms with Crippen molar-refractivity contribution >= 4 is 38.4 Å². The van der Waals surface area contributed by atoms with Crippen molar-refractivity contribution in [1.82, 2.24) is 19.5 Å². The Balaban J connectivity index is 1.36. The molecule has 3 aromatic rings. The zero-order valence-electron chi connectivity index (χ0n) is 21.3. The Kier molecular flexibility index (Phi) is 7.02. The third-order valence-corrected chi connectivity index (χ3v) is 8.98. The molecule has 2 aliphatic heterocycles. The van der Waals surface area contributed by atoms with E-state index in [-0.39, 0.29) is 41.6 Å². The molecular weight excluding hydrogens is 504 g/mol. The number of carbonyl (C=O) groups is 3. The highest BCUT2D eigenvalue weighted by molar-refractivity contribution is 7.89. The molecule has 3 heterocycles. The molecule has 3 unspecified atom stereocenters. The molecule has 0 saturated carbocycles. The number of sulfonamides is 1. The number of hydrogen-bond acceptors (Lipinski definition) is 6. The van der Waals surface area contributed by atoms with Crippen molar-refractivity contribution in [3.05, 3.63) is 72.4 Å². The molecule has 2 fully saturated rings. The molecule has 198 valence electrons. The molecule has 2 aromatic carbocycles. The van der Waals surface area contributed by atoms with Gasteiger partial charge in [0.2, 0.25) is 5.91 Å². The van der Waals surface area contributed by atoms with Gasteiger partial charge in [-0.3, -0.25) is 14.4 Å². The van der Waals surface area contributed by atoms with Crippen LogP contribution in [0.2, 0.25) is 0 Å². The van der Waals surface area contributed by atoms with Crippen LogP contribution in [0, 0.1) is 5.92 Å². The Morgan fingerprint density at radius 2 is 1.79 bits per heavy atom. The first-order valence-electron chi connectivity index (χ1n) is 12.7. The minimum atomic E-state index is -3.99. The van der Waals surface area contributed by atoms with Gasteiger partial charge in [0.15, 0.2) is 10.8 Å². The molecule has 5 rings (SSSR count). The molecule has 3 atom stereocenters. The summed E-state index contributed by atoms with van der Waals surface area (Å²) in [6, 6.07) is 15.3. The van der Waals surface area contributed by atoms with E-state index in [9.17, 15) is 22.8 Å². The van der Waals surface area contributed by atoms with Crippen LogP contribution in [0.3, 0.4) is 0 Å². The van der Waals surface area contributed by atoms with Crippen molar-refractivity contribution < 1.29 is 22.8 Å². The summed E-state index contributed by atoms with van der Waals surface area (Å²) in [5.41, 5.74) is 0.439. The second-order valence-corrected chi connectivity index (χ2v) is 12.1. The number of nitrogens with one attached hydrogen (secondary N) is 1. The monoisotopic (exact) mass is 534 g/mol. The average Bonchev–Trinajstić information content (AvgIpc) is 3.49. The largest absolute Gasteiger partial charge is 0.340 e. The van der Waals surface area contributed by atoms with E-state index in [0.29, 0.717) is 18.4 Å². The minimum Gasteiger partial charge on any atom is -0.340 e. The van der Waals surface area contributed by atoms with Crippen LogP contribution in [-0.4, -0.2) is 71.4 Å². The highest BCUT2D eigenvalue weighted by Gasteiger charge is 2.54. The molecule has 9 nitrogen and oxygen atoms in total. The lowest BCUT2D eigenvalue weighted by atomic mass is 10.0. The van der Waals surface area contributed by atoms with Crippen LogP contribution in [-0.2, 0) is 19.6 Å². The number of ketones is 1. The zero-order chi connectivity index (χ0) is 27.0. The van der Waals surface area contributed by atoms with E-state index in [0.717, 1.165) is 10.8 Å². The number of carbonyl (C=O) groups excluding carboxylic acids is 3. The lowest BCUT2D eigenvalue weighted by Gasteiger charge is -2.29. The minimum absolute atomic E-state index is 0.0968. The summed E-state index contributed by atoms with van der Waals surface area (Å²) in [6.07, 6.45) is 2.11. The number of amides is 2. The molecule has 10 heteroatoms. The predicted octanol–water partition coefficient (Wildman–Crippen LogP) is 2.62. The lowest BCUT2D eigenvalue weighted by Crippen LogP contribution is -2.53. The predicted molar refractivity (Wildman–Crippen MR) is 142 cm³/mol. The molecule has 1 N–H and O–H groups in total. The number of benzene rings is 2. The zero-order valence-corrected chi connectivity index (χ0v) is 22.1.